The largest absolute Gasteiger partial charge is 0.454 e. The normalized spacial score (nSPS) is 21.4. The van der Waals surface area contributed by atoms with E-state index in [1.54, 1.807) is 0 Å². The zero-order chi connectivity index (χ0) is 20.8. The second-order valence-electron chi connectivity index (χ2n) is 9.03. The molecule has 0 amide bonds. The van der Waals surface area contributed by atoms with E-state index in [1.165, 1.54) is 47.0 Å². The summed E-state index contributed by atoms with van der Waals surface area (Å²) in [4.78, 5) is 10.4. The maximum atomic E-state index is 5.54. The third-order valence-corrected chi connectivity index (χ3v) is 7.22. The van der Waals surface area contributed by atoms with E-state index in [1.807, 2.05) is 6.07 Å². The summed E-state index contributed by atoms with van der Waals surface area (Å²) in [7, 11) is 0. The summed E-state index contributed by atoms with van der Waals surface area (Å²) in [5.41, 5.74) is 6.72. The van der Waals surface area contributed by atoms with Gasteiger partial charge < -0.3 is 9.47 Å². The molecule has 1 unspecified atom stereocenters. The van der Waals surface area contributed by atoms with Crippen LogP contribution >= 0.6 is 0 Å². The van der Waals surface area contributed by atoms with Crippen molar-refractivity contribution >= 4 is 10.9 Å². The number of fused-ring (bicyclic) bond motifs is 3. The van der Waals surface area contributed by atoms with Gasteiger partial charge in [0.1, 0.15) is 0 Å². The van der Waals surface area contributed by atoms with Crippen LogP contribution in [0.2, 0.25) is 0 Å². The fourth-order valence-electron chi connectivity index (χ4n) is 5.53. The van der Waals surface area contributed by atoms with Gasteiger partial charge in [-0.05, 0) is 61.1 Å². The first-order chi connectivity index (χ1) is 15.3. The molecule has 31 heavy (non-hydrogen) atoms. The molecule has 2 aromatic carbocycles. The molecule has 3 heterocycles. The highest BCUT2D eigenvalue weighted by atomic mass is 16.7. The third-order valence-electron chi connectivity index (χ3n) is 7.22. The molecule has 1 aliphatic carbocycles. The predicted molar refractivity (Wildman–Crippen MR) is 122 cm³/mol. The smallest absolute Gasteiger partial charge is 0.231 e. The van der Waals surface area contributed by atoms with Crippen molar-refractivity contribution in [2.45, 2.75) is 38.8 Å². The van der Waals surface area contributed by atoms with E-state index in [-0.39, 0.29) is 0 Å². The van der Waals surface area contributed by atoms with E-state index in [9.17, 15) is 0 Å². The average molecular weight is 416 g/mol. The number of pyridine rings is 1. The molecule has 6 rings (SSSR count). The van der Waals surface area contributed by atoms with Gasteiger partial charge in [-0.2, -0.15) is 0 Å². The lowest BCUT2D eigenvalue weighted by Crippen LogP contribution is -2.48. The number of ether oxygens (including phenoxy) is 2. The van der Waals surface area contributed by atoms with Gasteiger partial charge in [-0.3, -0.25) is 14.8 Å². The molecule has 1 fully saturated rings. The number of aryl methyl sites for hydroxylation is 1. The zero-order valence-electron chi connectivity index (χ0n) is 18.1. The van der Waals surface area contributed by atoms with Gasteiger partial charge in [0.2, 0.25) is 6.79 Å². The van der Waals surface area contributed by atoms with Crippen molar-refractivity contribution in [2.24, 2.45) is 0 Å². The minimum absolute atomic E-state index is 0.336. The van der Waals surface area contributed by atoms with Crippen LogP contribution in [0.3, 0.4) is 0 Å². The Balaban J connectivity index is 1.17. The number of benzene rings is 2. The molecule has 3 aliphatic rings. The number of aromatic nitrogens is 1. The van der Waals surface area contributed by atoms with Gasteiger partial charge in [0.05, 0.1) is 17.3 Å². The molecule has 160 valence electrons. The van der Waals surface area contributed by atoms with Crippen LogP contribution in [0, 0.1) is 6.92 Å². The van der Waals surface area contributed by atoms with Crippen LogP contribution in [-0.4, -0.2) is 47.8 Å². The molecule has 0 bridgehead atoms. The minimum Gasteiger partial charge on any atom is -0.454 e. The molecular formula is C26H29N3O2. The van der Waals surface area contributed by atoms with Gasteiger partial charge in [0, 0.05) is 38.1 Å². The van der Waals surface area contributed by atoms with Crippen molar-refractivity contribution in [1.82, 2.24) is 14.8 Å². The number of piperazine rings is 1. The predicted octanol–water partition coefficient (Wildman–Crippen LogP) is 4.47. The molecule has 0 spiro atoms. The Morgan fingerprint density at radius 2 is 1.84 bits per heavy atom. The maximum Gasteiger partial charge on any atom is 0.231 e. The van der Waals surface area contributed by atoms with Crippen LogP contribution in [0.4, 0.5) is 0 Å². The van der Waals surface area contributed by atoms with Crippen LogP contribution in [0.5, 0.6) is 11.5 Å². The highest BCUT2D eigenvalue weighted by Gasteiger charge is 2.31. The Bertz CT molecular complexity index is 1120. The van der Waals surface area contributed by atoms with Crippen LogP contribution in [0.15, 0.2) is 42.5 Å². The van der Waals surface area contributed by atoms with E-state index in [4.69, 9.17) is 14.5 Å². The number of para-hydroxylation sites is 1. The zero-order valence-corrected chi connectivity index (χ0v) is 18.1. The van der Waals surface area contributed by atoms with Gasteiger partial charge in [-0.15, -0.1) is 0 Å². The van der Waals surface area contributed by atoms with Crippen molar-refractivity contribution < 1.29 is 9.47 Å². The molecule has 5 nitrogen and oxygen atoms in total. The first kappa shape index (κ1) is 19.1. The van der Waals surface area contributed by atoms with Crippen molar-refractivity contribution in [3.8, 4) is 11.5 Å². The van der Waals surface area contributed by atoms with Gasteiger partial charge in [-0.1, -0.05) is 24.3 Å². The molecular weight excluding hydrogens is 386 g/mol. The highest BCUT2D eigenvalue weighted by molar-refractivity contribution is 5.83. The summed E-state index contributed by atoms with van der Waals surface area (Å²) in [6.07, 6.45) is 3.65. The van der Waals surface area contributed by atoms with E-state index >= 15 is 0 Å². The Morgan fingerprint density at radius 3 is 2.74 bits per heavy atom. The van der Waals surface area contributed by atoms with Crippen molar-refractivity contribution in [3.05, 3.63) is 64.8 Å². The lowest BCUT2D eigenvalue weighted by molar-refractivity contribution is 0.0824. The maximum absolute atomic E-state index is 5.54. The van der Waals surface area contributed by atoms with Gasteiger partial charge in [-0.25, -0.2) is 0 Å². The molecule has 3 aromatic rings. The molecule has 5 heteroatoms. The summed E-state index contributed by atoms with van der Waals surface area (Å²) in [6, 6.07) is 15.4. The van der Waals surface area contributed by atoms with Crippen molar-refractivity contribution in [1.29, 1.82) is 0 Å². The second-order valence-corrected chi connectivity index (χ2v) is 9.03. The van der Waals surface area contributed by atoms with E-state index in [2.05, 4.69) is 53.1 Å². The number of hydrogen-bond acceptors (Lipinski definition) is 5. The van der Waals surface area contributed by atoms with E-state index < -0.39 is 0 Å². The molecule has 0 N–H and O–H groups in total. The molecule has 1 saturated heterocycles. The Kier molecular flexibility index (Phi) is 4.81. The summed E-state index contributed by atoms with van der Waals surface area (Å²) in [5.74, 6) is 1.74. The lowest BCUT2D eigenvalue weighted by atomic mass is 9.86. The summed E-state index contributed by atoms with van der Waals surface area (Å²) < 4.78 is 11.0. The summed E-state index contributed by atoms with van der Waals surface area (Å²) >= 11 is 0. The first-order valence-electron chi connectivity index (χ1n) is 11.5. The van der Waals surface area contributed by atoms with Crippen molar-refractivity contribution in [2.75, 3.05) is 33.0 Å². The lowest BCUT2D eigenvalue weighted by Gasteiger charge is -2.41. The van der Waals surface area contributed by atoms with Crippen LogP contribution < -0.4 is 9.47 Å². The van der Waals surface area contributed by atoms with Gasteiger partial charge >= 0.3 is 0 Å². The molecule has 2 aliphatic heterocycles. The highest BCUT2D eigenvalue weighted by Crippen LogP contribution is 2.38. The Hall–Kier alpha value is -2.63. The summed E-state index contributed by atoms with van der Waals surface area (Å²) in [5, 5.41) is 1.32. The quantitative estimate of drug-likeness (QED) is 0.631. The second kappa shape index (κ2) is 7.81. The Morgan fingerprint density at radius 1 is 1.00 bits per heavy atom. The van der Waals surface area contributed by atoms with E-state index in [0.29, 0.717) is 12.8 Å². The fraction of sp³-hybridized carbons (Fsp3) is 0.423. The van der Waals surface area contributed by atoms with Crippen LogP contribution in [0.25, 0.3) is 10.9 Å². The van der Waals surface area contributed by atoms with Gasteiger partial charge in [0.15, 0.2) is 11.5 Å². The SMILES string of the molecule is Cc1c2c(nc3ccccc13)C(N1CCN(Cc3ccc4c(c3)OCO4)CC1)CCC2. The number of rotatable bonds is 3. The van der Waals surface area contributed by atoms with Crippen LogP contribution in [-0.2, 0) is 13.0 Å². The standard InChI is InChI=1S/C26H29N3O2/c1-18-20-5-2-3-7-22(20)27-26-21(18)6-4-8-23(26)29-13-11-28(12-14-29)16-19-9-10-24-25(15-19)31-17-30-24/h2-3,5,7,9-10,15,23H,4,6,8,11-14,16-17H2,1H3. The fourth-order valence-corrected chi connectivity index (χ4v) is 5.53. The topological polar surface area (TPSA) is 37.8 Å². The number of hydrogen-bond donors (Lipinski definition) is 0. The molecule has 1 atom stereocenters. The van der Waals surface area contributed by atoms with E-state index in [0.717, 1.165) is 49.7 Å². The minimum atomic E-state index is 0.336. The van der Waals surface area contributed by atoms with Crippen molar-refractivity contribution in [3.63, 3.8) is 0 Å². The van der Waals surface area contributed by atoms with Crippen LogP contribution in [0.1, 0.15) is 41.3 Å². The first-order valence-corrected chi connectivity index (χ1v) is 11.5. The van der Waals surface area contributed by atoms with Gasteiger partial charge in [0.25, 0.3) is 0 Å². The molecule has 1 aromatic heterocycles. The summed E-state index contributed by atoms with van der Waals surface area (Å²) in [6.45, 7) is 7.97. The molecule has 0 radical (unpaired) electrons. The third kappa shape index (κ3) is 3.46. The molecule has 0 saturated carbocycles. The number of nitrogens with zero attached hydrogens (tertiary/aromatic N) is 3. The Labute approximate surface area is 183 Å². The average Bonchev–Trinajstić information content (AvgIpc) is 3.28. The monoisotopic (exact) mass is 415 g/mol.